The van der Waals surface area contributed by atoms with E-state index in [2.05, 4.69) is 20.1 Å². The SMILES string of the molecule is CNS(=O)(=O)Cc1ccc(-c2c(C3CCNCC3)c(-c3ccc(Oc4ccc(Cl)c(Cl)c4)c(OC)c3)c3c(N)ncnn23)cc1. The highest BCUT2D eigenvalue weighted by Gasteiger charge is 2.30. The molecule has 0 aliphatic carbocycles. The summed E-state index contributed by atoms with van der Waals surface area (Å²) in [5.74, 6) is 1.96. The van der Waals surface area contributed by atoms with Gasteiger partial charge in [0, 0.05) is 17.2 Å². The molecule has 3 aromatic carbocycles. The number of ether oxygens (including phenoxy) is 2. The van der Waals surface area contributed by atoms with Crippen molar-refractivity contribution < 1.29 is 17.9 Å². The van der Waals surface area contributed by atoms with E-state index in [9.17, 15) is 8.42 Å². The van der Waals surface area contributed by atoms with Crippen molar-refractivity contribution in [2.75, 3.05) is 33.0 Å². The van der Waals surface area contributed by atoms with Crippen LogP contribution in [0.3, 0.4) is 0 Å². The molecular weight excluding hydrogens is 635 g/mol. The van der Waals surface area contributed by atoms with Gasteiger partial charge in [-0.3, -0.25) is 0 Å². The Bertz CT molecular complexity index is 1980. The van der Waals surface area contributed by atoms with Crippen molar-refractivity contribution in [3.8, 4) is 39.6 Å². The fourth-order valence-corrected chi connectivity index (χ4v) is 6.90. The van der Waals surface area contributed by atoms with Gasteiger partial charge in [-0.1, -0.05) is 53.5 Å². The third-order valence-corrected chi connectivity index (χ3v) is 10.1. The van der Waals surface area contributed by atoms with Crippen LogP contribution in [0.1, 0.15) is 29.9 Å². The molecule has 4 N–H and O–H groups in total. The molecule has 1 fully saturated rings. The van der Waals surface area contributed by atoms with Gasteiger partial charge in [-0.2, -0.15) is 5.10 Å². The summed E-state index contributed by atoms with van der Waals surface area (Å²) in [5, 5.41) is 8.96. The fourth-order valence-electron chi connectivity index (χ4n) is 5.83. The number of sulfonamides is 1. The van der Waals surface area contributed by atoms with E-state index in [4.69, 9.17) is 38.4 Å². The molecule has 0 amide bonds. The maximum atomic E-state index is 12.2. The topological polar surface area (TPSA) is 133 Å². The predicted molar refractivity (Wildman–Crippen MR) is 178 cm³/mol. The van der Waals surface area contributed by atoms with Crippen LogP contribution in [0.2, 0.25) is 10.0 Å². The molecule has 1 aliphatic heterocycles. The number of methoxy groups -OCH3 is 1. The van der Waals surface area contributed by atoms with Gasteiger partial charge in [-0.15, -0.1) is 0 Å². The van der Waals surface area contributed by atoms with Crippen molar-refractivity contribution in [1.29, 1.82) is 0 Å². The number of nitrogens with two attached hydrogens (primary N) is 1. The number of fused-ring (bicyclic) bond motifs is 1. The zero-order valence-electron chi connectivity index (χ0n) is 24.7. The molecule has 0 radical (unpaired) electrons. The molecule has 0 spiro atoms. The molecule has 1 saturated heterocycles. The quantitative estimate of drug-likeness (QED) is 0.168. The van der Waals surface area contributed by atoms with E-state index in [-0.39, 0.29) is 11.7 Å². The zero-order chi connectivity index (χ0) is 31.7. The molecule has 1 aliphatic rings. The van der Waals surface area contributed by atoms with Crippen LogP contribution >= 0.6 is 23.2 Å². The van der Waals surface area contributed by atoms with Gasteiger partial charge in [0.05, 0.1) is 28.6 Å². The number of hydrogen-bond acceptors (Lipinski definition) is 8. The number of nitrogens with one attached hydrogen (secondary N) is 2. The summed E-state index contributed by atoms with van der Waals surface area (Å²) < 4.78 is 40.5. The Balaban J connectivity index is 1.53. The first-order valence-electron chi connectivity index (χ1n) is 14.4. The second kappa shape index (κ2) is 12.9. The third-order valence-electron chi connectivity index (χ3n) is 8.01. The smallest absolute Gasteiger partial charge is 0.215 e. The first kappa shape index (κ1) is 31.1. The standard InChI is InChI=1S/C32H32Cl2N6O4S/c1-36-45(41,42)17-19-3-5-21(6-4-19)30-28(20-11-13-37-14-12-20)29(31-32(35)38-18-39-40(30)31)22-7-10-26(27(15-22)43-2)44-23-8-9-24(33)25(34)16-23/h3-10,15-16,18,20,36-37H,11-14,17H2,1-2H3,(H2,35,38,39). The molecule has 0 unspecified atom stereocenters. The molecule has 45 heavy (non-hydrogen) atoms. The lowest BCUT2D eigenvalue weighted by Gasteiger charge is -2.25. The number of piperidine rings is 1. The van der Waals surface area contributed by atoms with Crippen LogP contribution in [0.25, 0.3) is 27.9 Å². The van der Waals surface area contributed by atoms with Crippen molar-refractivity contribution in [3.63, 3.8) is 0 Å². The van der Waals surface area contributed by atoms with Crippen molar-refractivity contribution in [2.24, 2.45) is 0 Å². The first-order valence-corrected chi connectivity index (χ1v) is 16.8. The monoisotopic (exact) mass is 666 g/mol. The highest BCUT2D eigenvalue weighted by molar-refractivity contribution is 7.88. The van der Waals surface area contributed by atoms with Crippen LogP contribution in [-0.2, 0) is 15.8 Å². The summed E-state index contributed by atoms with van der Waals surface area (Å²) in [6.07, 6.45) is 3.28. The number of halogens is 2. The lowest BCUT2D eigenvalue weighted by Crippen LogP contribution is -2.27. The molecule has 6 rings (SSSR count). The Hall–Kier alpha value is -3.87. The minimum absolute atomic E-state index is 0.114. The lowest BCUT2D eigenvalue weighted by molar-refractivity contribution is 0.379. The average Bonchev–Trinajstić information content (AvgIpc) is 3.40. The highest BCUT2D eigenvalue weighted by atomic mass is 35.5. The number of nitrogens with zero attached hydrogens (tertiary/aromatic N) is 3. The molecular formula is C32H32Cl2N6O4S. The molecule has 5 aromatic rings. The lowest BCUT2D eigenvalue weighted by atomic mass is 9.84. The highest BCUT2D eigenvalue weighted by Crippen LogP contribution is 2.47. The van der Waals surface area contributed by atoms with Gasteiger partial charge < -0.3 is 20.5 Å². The fraction of sp³-hybridized carbons (Fsp3) is 0.250. The summed E-state index contributed by atoms with van der Waals surface area (Å²) >= 11 is 12.3. The van der Waals surface area contributed by atoms with Crippen molar-refractivity contribution in [1.82, 2.24) is 24.6 Å². The Morgan fingerprint density at radius 3 is 2.42 bits per heavy atom. The maximum absolute atomic E-state index is 12.2. The summed E-state index contributed by atoms with van der Waals surface area (Å²) in [6.45, 7) is 1.74. The van der Waals surface area contributed by atoms with Gasteiger partial charge in [-0.25, -0.2) is 22.6 Å². The average molecular weight is 668 g/mol. The molecule has 0 bridgehead atoms. The summed E-state index contributed by atoms with van der Waals surface area (Å²) in [5.41, 5.74) is 12.6. The molecule has 0 atom stereocenters. The molecule has 2 aromatic heterocycles. The molecule has 0 saturated carbocycles. The van der Waals surface area contributed by atoms with Crippen LogP contribution in [-0.4, -0.2) is 50.3 Å². The molecule has 3 heterocycles. The van der Waals surface area contributed by atoms with Gasteiger partial charge in [0.15, 0.2) is 17.3 Å². The van der Waals surface area contributed by atoms with Crippen LogP contribution in [0, 0.1) is 0 Å². The number of benzene rings is 3. The van der Waals surface area contributed by atoms with Gasteiger partial charge in [0.2, 0.25) is 10.0 Å². The maximum Gasteiger partial charge on any atom is 0.215 e. The van der Waals surface area contributed by atoms with E-state index in [1.807, 2.05) is 47.0 Å². The first-order chi connectivity index (χ1) is 21.7. The van der Waals surface area contributed by atoms with Gasteiger partial charge in [0.1, 0.15) is 17.6 Å². The van der Waals surface area contributed by atoms with Crippen LogP contribution < -0.4 is 25.2 Å². The number of nitrogen functional groups attached to an aromatic ring is 1. The van der Waals surface area contributed by atoms with Crippen molar-refractivity contribution in [2.45, 2.75) is 24.5 Å². The van der Waals surface area contributed by atoms with E-state index < -0.39 is 10.0 Å². The number of hydrogen-bond donors (Lipinski definition) is 3. The van der Waals surface area contributed by atoms with E-state index in [1.54, 1.807) is 25.3 Å². The normalized spacial score (nSPS) is 14.1. The third kappa shape index (κ3) is 6.31. The summed E-state index contributed by atoms with van der Waals surface area (Å²) in [4.78, 5) is 4.36. The van der Waals surface area contributed by atoms with Crippen LogP contribution in [0.4, 0.5) is 5.82 Å². The number of rotatable bonds is 9. The second-order valence-electron chi connectivity index (χ2n) is 10.8. The largest absolute Gasteiger partial charge is 0.493 e. The van der Waals surface area contributed by atoms with E-state index >= 15 is 0 Å². The van der Waals surface area contributed by atoms with E-state index in [0.29, 0.717) is 44.2 Å². The molecule has 13 heteroatoms. The number of aromatic nitrogens is 3. The summed E-state index contributed by atoms with van der Waals surface area (Å²) in [7, 11) is -0.416. The van der Waals surface area contributed by atoms with Gasteiger partial charge in [0.25, 0.3) is 0 Å². The van der Waals surface area contributed by atoms with Gasteiger partial charge >= 0.3 is 0 Å². The Kier molecular flexibility index (Phi) is 8.89. The van der Waals surface area contributed by atoms with Crippen molar-refractivity contribution >= 4 is 44.6 Å². The number of anilines is 1. The van der Waals surface area contributed by atoms with Crippen LogP contribution in [0.15, 0.2) is 67.0 Å². The summed E-state index contributed by atoms with van der Waals surface area (Å²) in [6, 6.07) is 18.3. The Morgan fingerprint density at radius 2 is 1.73 bits per heavy atom. The Labute approximate surface area is 271 Å². The minimum atomic E-state index is -3.42. The van der Waals surface area contributed by atoms with Crippen LogP contribution in [0.5, 0.6) is 17.2 Å². The minimum Gasteiger partial charge on any atom is -0.493 e. The predicted octanol–water partition coefficient (Wildman–Crippen LogP) is 6.27. The van der Waals surface area contributed by atoms with E-state index in [1.165, 1.54) is 13.4 Å². The Morgan fingerprint density at radius 1 is 1.00 bits per heavy atom. The van der Waals surface area contributed by atoms with Gasteiger partial charge in [-0.05, 0) is 79.9 Å². The molecule has 10 nitrogen and oxygen atoms in total. The zero-order valence-corrected chi connectivity index (χ0v) is 27.0. The van der Waals surface area contributed by atoms with E-state index in [0.717, 1.165) is 53.9 Å². The molecule has 234 valence electrons. The second-order valence-corrected chi connectivity index (χ2v) is 13.5. The van der Waals surface area contributed by atoms with Crippen molar-refractivity contribution in [3.05, 3.63) is 88.2 Å².